The predicted octanol–water partition coefficient (Wildman–Crippen LogP) is 4.48. The van der Waals surface area contributed by atoms with Crippen LogP contribution in [0.15, 0.2) is 60.7 Å². The minimum Gasteiger partial charge on any atom is -0.481 e. The summed E-state index contributed by atoms with van der Waals surface area (Å²) >= 11 is 6.18. The van der Waals surface area contributed by atoms with Crippen molar-refractivity contribution in [3.05, 3.63) is 94.2 Å². The van der Waals surface area contributed by atoms with Crippen molar-refractivity contribution in [2.45, 2.75) is 19.8 Å². The number of fused-ring (bicyclic) bond motifs is 1. The van der Waals surface area contributed by atoms with Crippen molar-refractivity contribution in [1.29, 1.82) is 0 Å². The second-order valence-electron chi connectivity index (χ2n) is 7.66. The quantitative estimate of drug-likeness (QED) is 0.426. The van der Waals surface area contributed by atoms with Gasteiger partial charge in [-0.2, -0.15) is 0 Å². The number of halogens is 1. The summed E-state index contributed by atoms with van der Waals surface area (Å²) in [7, 11) is 1.71. The molecule has 0 saturated carbocycles. The summed E-state index contributed by atoms with van der Waals surface area (Å²) in [5.74, 6) is -0.679. The van der Waals surface area contributed by atoms with E-state index < -0.39 is 5.97 Å². The number of rotatable bonds is 6. The first-order chi connectivity index (χ1) is 15.8. The van der Waals surface area contributed by atoms with Gasteiger partial charge in [0.2, 0.25) is 0 Å². The van der Waals surface area contributed by atoms with Crippen molar-refractivity contribution in [3.63, 3.8) is 0 Å². The Bertz CT molecular complexity index is 1330. The summed E-state index contributed by atoms with van der Waals surface area (Å²) < 4.78 is 0. The van der Waals surface area contributed by atoms with Crippen LogP contribution in [0.4, 0.5) is 5.69 Å². The number of carboxylic acid groups (broad SMARTS) is 1. The molecule has 0 aliphatic carbocycles. The number of carbonyl (C=O) groups excluding carboxylic acids is 1. The Morgan fingerprint density at radius 2 is 1.70 bits per heavy atom. The van der Waals surface area contributed by atoms with E-state index in [9.17, 15) is 9.59 Å². The van der Waals surface area contributed by atoms with E-state index in [4.69, 9.17) is 16.7 Å². The molecular weight excluding hydrogens is 440 g/mol. The lowest BCUT2D eigenvalue weighted by atomic mass is 10.1. The second-order valence-corrected chi connectivity index (χ2v) is 8.02. The molecule has 8 heteroatoms. The van der Waals surface area contributed by atoms with E-state index in [1.807, 2.05) is 54.6 Å². The molecule has 7 nitrogen and oxygen atoms in total. The van der Waals surface area contributed by atoms with Crippen LogP contribution in [-0.2, 0) is 17.6 Å². The molecule has 33 heavy (non-hydrogen) atoms. The number of amides is 1. The zero-order chi connectivity index (χ0) is 23.5. The Labute approximate surface area is 195 Å². The van der Waals surface area contributed by atoms with E-state index in [0.29, 0.717) is 29.2 Å². The zero-order valence-corrected chi connectivity index (χ0v) is 18.9. The first kappa shape index (κ1) is 22.4. The standard InChI is InChI=1S/C25H21ClN4O3/c1-15-19(14-23(31)32)24(26)29-22(27-15)13-16-7-10-18(11-8-16)30(2)25(33)21-12-9-17-5-3-4-6-20(17)28-21/h3-12H,13-14H2,1-2H3,(H,31,32). The molecule has 166 valence electrons. The minimum absolute atomic E-state index is 0.157. The van der Waals surface area contributed by atoms with Gasteiger partial charge >= 0.3 is 5.97 Å². The van der Waals surface area contributed by atoms with Gasteiger partial charge in [-0.15, -0.1) is 0 Å². The number of aliphatic carboxylic acids is 1. The number of anilines is 1. The molecule has 2 heterocycles. The number of hydrogen-bond donors (Lipinski definition) is 1. The molecule has 0 spiro atoms. The molecule has 0 aliphatic rings. The van der Waals surface area contributed by atoms with Gasteiger partial charge in [-0.25, -0.2) is 15.0 Å². The molecule has 0 radical (unpaired) electrons. The lowest BCUT2D eigenvalue weighted by molar-refractivity contribution is -0.136. The number of hydrogen-bond acceptors (Lipinski definition) is 5. The molecule has 4 aromatic rings. The van der Waals surface area contributed by atoms with Gasteiger partial charge in [0, 0.05) is 35.8 Å². The van der Waals surface area contributed by atoms with Gasteiger partial charge in [-0.3, -0.25) is 9.59 Å². The van der Waals surface area contributed by atoms with Crippen molar-refractivity contribution in [3.8, 4) is 0 Å². The first-order valence-corrected chi connectivity index (χ1v) is 10.7. The first-order valence-electron chi connectivity index (χ1n) is 10.3. The van der Waals surface area contributed by atoms with E-state index in [2.05, 4.69) is 15.0 Å². The number of pyridine rings is 1. The maximum absolute atomic E-state index is 12.9. The van der Waals surface area contributed by atoms with E-state index in [1.54, 1.807) is 24.9 Å². The maximum atomic E-state index is 12.9. The third-order valence-corrected chi connectivity index (χ3v) is 5.66. The highest BCUT2D eigenvalue weighted by Crippen LogP contribution is 2.21. The Kier molecular flexibility index (Phi) is 6.33. The van der Waals surface area contributed by atoms with Crippen LogP contribution in [-0.4, -0.2) is 39.0 Å². The lowest BCUT2D eigenvalue weighted by Gasteiger charge is -2.17. The van der Waals surface area contributed by atoms with E-state index in [-0.39, 0.29) is 17.5 Å². The molecule has 4 rings (SSSR count). The number of nitrogens with zero attached hydrogens (tertiary/aromatic N) is 4. The van der Waals surface area contributed by atoms with E-state index in [1.165, 1.54) is 0 Å². The highest BCUT2D eigenvalue weighted by Gasteiger charge is 2.16. The smallest absolute Gasteiger partial charge is 0.308 e. The molecular formula is C25H21ClN4O3. The topological polar surface area (TPSA) is 96.3 Å². The Morgan fingerprint density at radius 1 is 0.970 bits per heavy atom. The van der Waals surface area contributed by atoms with Crippen molar-refractivity contribution in [2.75, 3.05) is 11.9 Å². The molecule has 0 atom stereocenters. The van der Waals surface area contributed by atoms with Crippen LogP contribution in [0.3, 0.4) is 0 Å². The lowest BCUT2D eigenvalue weighted by Crippen LogP contribution is -2.27. The summed E-state index contributed by atoms with van der Waals surface area (Å²) in [6.07, 6.45) is 0.212. The highest BCUT2D eigenvalue weighted by molar-refractivity contribution is 6.30. The fraction of sp³-hybridized carbons (Fsp3) is 0.160. The summed E-state index contributed by atoms with van der Waals surface area (Å²) in [4.78, 5) is 38.6. The number of aromatic nitrogens is 3. The van der Waals surface area contributed by atoms with Crippen LogP contribution in [0, 0.1) is 6.92 Å². The number of carboxylic acids is 1. The third-order valence-electron chi connectivity index (χ3n) is 5.35. The maximum Gasteiger partial charge on any atom is 0.308 e. The fourth-order valence-electron chi connectivity index (χ4n) is 3.54. The Hall–Kier alpha value is -3.84. The van der Waals surface area contributed by atoms with Crippen molar-refractivity contribution >= 4 is 40.1 Å². The number of benzene rings is 2. The van der Waals surface area contributed by atoms with Gasteiger partial charge < -0.3 is 10.0 Å². The second kappa shape index (κ2) is 9.34. The molecule has 0 aliphatic heterocycles. The predicted molar refractivity (Wildman–Crippen MR) is 127 cm³/mol. The molecule has 0 bridgehead atoms. The summed E-state index contributed by atoms with van der Waals surface area (Å²) in [5, 5.41) is 10.1. The van der Waals surface area contributed by atoms with Crippen LogP contribution in [0.5, 0.6) is 0 Å². The normalized spacial score (nSPS) is 10.9. The monoisotopic (exact) mass is 460 g/mol. The van der Waals surface area contributed by atoms with Crippen LogP contribution >= 0.6 is 11.6 Å². The minimum atomic E-state index is -0.982. The van der Waals surface area contributed by atoms with Crippen LogP contribution in [0.1, 0.15) is 33.1 Å². The molecule has 2 aromatic heterocycles. The van der Waals surface area contributed by atoms with Crippen molar-refractivity contribution < 1.29 is 14.7 Å². The molecule has 1 N–H and O–H groups in total. The summed E-state index contributed by atoms with van der Waals surface area (Å²) in [5.41, 5.74) is 3.79. The number of carbonyl (C=O) groups is 2. The SMILES string of the molecule is Cc1nc(Cc2ccc(N(C)C(=O)c3ccc4ccccc4n3)cc2)nc(Cl)c1CC(=O)O. The fourth-order valence-corrected chi connectivity index (χ4v) is 3.84. The van der Waals surface area contributed by atoms with Crippen LogP contribution in [0.2, 0.25) is 5.15 Å². The molecule has 0 saturated heterocycles. The largest absolute Gasteiger partial charge is 0.481 e. The highest BCUT2D eigenvalue weighted by atomic mass is 35.5. The van der Waals surface area contributed by atoms with Crippen molar-refractivity contribution in [2.24, 2.45) is 0 Å². The average Bonchev–Trinajstić information content (AvgIpc) is 2.80. The Balaban J connectivity index is 1.49. The van der Waals surface area contributed by atoms with E-state index >= 15 is 0 Å². The van der Waals surface area contributed by atoms with Gasteiger partial charge in [0.05, 0.1) is 11.9 Å². The molecule has 0 unspecified atom stereocenters. The van der Waals surface area contributed by atoms with E-state index in [0.717, 1.165) is 22.2 Å². The van der Waals surface area contributed by atoms with Crippen molar-refractivity contribution in [1.82, 2.24) is 15.0 Å². The molecule has 2 aromatic carbocycles. The summed E-state index contributed by atoms with van der Waals surface area (Å²) in [6.45, 7) is 1.72. The van der Waals surface area contributed by atoms with Gasteiger partial charge in [-0.1, -0.05) is 48.0 Å². The van der Waals surface area contributed by atoms with Crippen LogP contribution in [0.25, 0.3) is 10.9 Å². The molecule has 1 amide bonds. The number of aryl methyl sites for hydroxylation is 1. The van der Waals surface area contributed by atoms with Gasteiger partial charge in [0.25, 0.3) is 5.91 Å². The van der Waals surface area contributed by atoms with Gasteiger partial charge in [0.1, 0.15) is 16.7 Å². The van der Waals surface area contributed by atoms with Crippen LogP contribution < -0.4 is 4.90 Å². The van der Waals surface area contributed by atoms with Gasteiger partial charge in [0.15, 0.2) is 0 Å². The Morgan fingerprint density at radius 3 is 2.39 bits per heavy atom. The average molecular weight is 461 g/mol. The van der Waals surface area contributed by atoms with Gasteiger partial charge in [-0.05, 0) is 36.8 Å². The number of para-hydroxylation sites is 1. The molecule has 0 fully saturated rings. The zero-order valence-electron chi connectivity index (χ0n) is 18.1. The third kappa shape index (κ3) is 4.99. The summed E-state index contributed by atoms with van der Waals surface area (Å²) in [6, 6.07) is 18.8.